The van der Waals surface area contributed by atoms with Crippen LogP contribution in [0.4, 0.5) is 5.69 Å². The number of halogens is 3. The number of rotatable bonds is 6. The number of fused-ring (bicyclic) bond motifs is 2. The molecule has 3 aromatic carbocycles. The van der Waals surface area contributed by atoms with E-state index in [1.165, 1.54) is 23.8 Å². The Labute approximate surface area is 255 Å². The summed E-state index contributed by atoms with van der Waals surface area (Å²) in [6.45, 7) is 0.190. The number of carbonyl (C=O) groups is 2. The fourth-order valence-corrected chi connectivity index (χ4v) is 8.25. The smallest absolute Gasteiger partial charge is 0.305 e. The SMILES string of the molecule is COc1cc([C@H]2c3sc(=O)[nH]c3SC3C(=O)N(c4ccc(Br)cc4)C(=O)C32)ccc1OCc1ccc(Cl)cc1Cl. The summed E-state index contributed by atoms with van der Waals surface area (Å²) in [4.78, 5) is 44.5. The number of nitrogens with one attached hydrogen (secondary N) is 1. The Morgan fingerprint density at radius 3 is 2.48 bits per heavy atom. The van der Waals surface area contributed by atoms with Crippen molar-refractivity contribution in [1.29, 1.82) is 0 Å². The lowest BCUT2D eigenvalue weighted by molar-refractivity contribution is -0.122. The van der Waals surface area contributed by atoms with Crippen molar-refractivity contribution in [2.75, 3.05) is 12.0 Å². The molecule has 1 fully saturated rings. The van der Waals surface area contributed by atoms with E-state index in [1.807, 2.05) is 6.07 Å². The van der Waals surface area contributed by atoms with Gasteiger partial charge in [0.25, 0.3) is 0 Å². The Morgan fingerprint density at radius 2 is 1.75 bits per heavy atom. The van der Waals surface area contributed by atoms with E-state index < -0.39 is 17.1 Å². The normalized spacial score (nSPS) is 19.9. The molecule has 2 aliphatic rings. The Bertz CT molecular complexity index is 1710. The molecule has 1 saturated heterocycles. The van der Waals surface area contributed by atoms with E-state index in [2.05, 4.69) is 20.9 Å². The van der Waals surface area contributed by atoms with Crippen LogP contribution in [-0.2, 0) is 16.2 Å². The summed E-state index contributed by atoms with van der Waals surface area (Å²) in [6, 6.07) is 17.6. The zero-order valence-corrected chi connectivity index (χ0v) is 25.4. The molecule has 204 valence electrons. The average molecular weight is 678 g/mol. The highest BCUT2D eigenvalue weighted by atomic mass is 79.9. The van der Waals surface area contributed by atoms with E-state index in [-0.39, 0.29) is 23.3 Å². The molecular weight excluding hydrogens is 659 g/mol. The molecule has 0 saturated carbocycles. The number of imide groups is 1. The van der Waals surface area contributed by atoms with Gasteiger partial charge in [-0.05, 0) is 54.1 Å². The molecule has 0 bridgehead atoms. The second kappa shape index (κ2) is 10.9. The van der Waals surface area contributed by atoms with Gasteiger partial charge in [0.05, 0.1) is 23.7 Å². The molecule has 0 radical (unpaired) electrons. The molecule has 0 spiro atoms. The van der Waals surface area contributed by atoms with Gasteiger partial charge in [-0.25, -0.2) is 4.90 Å². The van der Waals surface area contributed by atoms with Gasteiger partial charge in [-0.3, -0.25) is 14.4 Å². The van der Waals surface area contributed by atoms with Crippen LogP contribution >= 0.6 is 62.2 Å². The van der Waals surface area contributed by atoms with Crippen LogP contribution in [-0.4, -0.2) is 29.2 Å². The third-order valence-corrected chi connectivity index (χ3v) is 10.4. The highest BCUT2D eigenvalue weighted by molar-refractivity contribution is 9.10. The summed E-state index contributed by atoms with van der Waals surface area (Å²) in [5.41, 5.74) is 2.00. The molecule has 3 atom stereocenters. The molecule has 7 nitrogen and oxygen atoms in total. The summed E-state index contributed by atoms with van der Waals surface area (Å²) in [5.74, 6) is -0.926. The highest BCUT2D eigenvalue weighted by Gasteiger charge is 2.56. The Hall–Kier alpha value is -2.76. The van der Waals surface area contributed by atoms with Crippen LogP contribution in [0.2, 0.25) is 10.0 Å². The molecule has 1 aromatic heterocycles. The number of amides is 2. The molecule has 1 N–H and O–H groups in total. The van der Waals surface area contributed by atoms with Crippen LogP contribution in [0.25, 0.3) is 0 Å². The first-order valence-electron chi connectivity index (χ1n) is 12.0. The van der Waals surface area contributed by atoms with Gasteiger partial charge in [0.15, 0.2) is 11.5 Å². The summed E-state index contributed by atoms with van der Waals surface area (Å²) in [6.07, 6.45) is 0. The molecule has 0 aliphatic carbocycles. The van der Waals surface area contributed by atoms with Crippen LogP contribution in [0, 0.1) is 5.92 Å². The maximum atomic E-state index is 13.9. The number of benzene rings is 3. The van der Waals surface area contributed by atoms with Gasteiger partial charge in [0.2, 0.25) is 11.8 Å². The molecular formula is C28H19BrCl2N2O5S2. The van der Waals surface area contributed by atoms with Gasteiger partial charge in [-0.15, -0.1) is 0 Å². The van der Waals surface area contributed by atoms with Gasteiger partial charge < -0.3 is 14.5 Å². The Balaban J connectivity index is 1.37. The molecule has 4 aromatic rings. The minimum absolute atomic E-state index is 0.190. The quantitative estimate of drug-likeness (QED) is 0.224. The fourth-order valence-electron chi connectivity index (χ4n) is 5.01. The number of hydrogen-bond acceptors (Lipinski definition) is 7. The zero-order valence-electron chi connectivity index (χ0n) is 20.7. The maximum absolute atomic E-state index is 13.9. The highest BCUT2D eigenvalue weighted by Crippen LogP contribution is 2.53. The number of nitrogens with zero attached hydrogens (tertiary/aromatic N) is 1. The van der Waals surface area contributed by atoms with Crippen LogP contribution in [0.5, 0.6) is 11.5 Å². The van der Waals surface area contributed by atoms with Crippen molar-refractivity contribution in [2.45, 2.75) is 22.8 Å². The van der Waals surface area contributed by atoms with Gasteiger partial charge >= 0.3 is 4.87 Å². The number of hydrogen-bond donors (Lipinski definition) is 1. The summed E-state index contributed by atoms with van der Waals surface area (Å²) in [7, 11) is 1.53. The first-order valence-corrected chi connectivity index (χ1v) is 15.3. The van der Waals surface area contributed by atoms with Gasteiger partial charge in [-0.1, -0.05) is 74.4 Å². The molecule has 2 unspecified atom stereocenters. The number of H-pyrrole nitrogens is 1. The van der Waals surface area contributed by atoms with Gasteiger partial charge in [0.1, 0.15) is 11.9 Å². The number of aromatic nitrogens is 1. The van der Waals surface area contributed by atoms with Crippen molar-refractivity contribution < 1.29 is 19.1 Å². The first-order chi connectivity index (χ1) is 19.2. The molecule has 3 heterocycles. The van der Waals surface area contributed by atoms with Crippen molar-refractivity contribution in [3.05, 3.63) is 101 Å². The van der Waals surface area contributed by atoms with E-state index in [0.29, 0.717) is 32.3 Å². The van der Waals surface area contributed by atoms with Crippen molar-refractivity contribution in [3.8, 4) is 11.5 Å². The largest absolute Gasteiger partial charge is 0.493 e. The van der Waals surface area contributed by atoms with Crippen LogP contribution in [0.3, 0.4) is 0 Å². The molecule has 12 heteroatoms. The number of thiazole rings is 1. The van der Waals surface area contributed by atoms with Crippen molar-refractivity contribution in [2.24, 2.45) is 5.92 Å². The third kappa shape index (κ3) is 4.86. The number of thioether (sulfide) groups is 1. The van der Waals surface area contributed by atoms with Crippen molar-refractivity contribution >= 4 is 79.7 Å². The maximum Gasteiger partial charge on any atom is 0.305 e. The number of carbonyl (C=O) groups excluding carboxylic acids is 2. The minimum atomic E-state index is -0.704. The van der Waals surface area contributed by atoms with Gasteiger partial charge in [-0.2, -0.15) is 0 Å². The number of anilines is 1. The van der Waals surface area contributed by atoms with Gasteiger partial charge in [0, 0.05) is 30.9 Å². The van der Waals surface area contributed by atoms with E-state index >= 15 is 0 Å². The molecule has 40 heavy (non-hydrogen) atoms. The van der Waals surface area contributed by atoms with E-state index in [1.54, 1.807) is 54.6 Å². The average Bonchev–Trinajstić information content (AvgIpc) is 3.43. The van der Waals surface area contributed by atoms with E-state index in [9.17, 15) is 14.4 Å². The molecule has 2 amide bonds. The first kappa shape index (κ1) is 27.4. The van der Waals surface area contributed by atoms with Crippen molar-refractivity contribution in [3.63, 3.8) is 0 Å². The number of ether oxygens (including phenoxy) is 2. The number of methoxy groups -OCH3 is 1. The predicted molar refractivity (Wildman–Crippen MR) is 160 cm³/mol. The second-order valence-corrected chi connectivity index (χ2v) is 13.1. The summed E-state index contributed by atoms with van der Waals surface area (Å²) in [5, 5.41) is 0.942. The van der Waals surface area contributed by atoms with Crippen LogP contribution in [0.1, 0.15) is 21.9 Å². The zero-order chi connectivity index (χ0) is 28.1. The standard InChI is InChI=1S/C28H19BrCl2N2O5S2/c1-37-20-10-13(3-9-19(20)38-12-14-2-6-16(30)11-18(14)31)21-22-24(39-25-23(21)40-28(36)32-25)27(35)33(26(22)34)17-7-4-15(29)5-8-17/h2-11,21-22,24H,12H2,1H3,(H,32,36)/t21-,22?,24?/m1/s1. The number of aromatic amines is 1. The second-order valence-electron chi connectivity index (χ2n) is 9.17. The third-order valence-electron chi connectivity index (χ3n) is 6.85. The van der Waals surface area contributed by atoms with Crippen LogP contribution < -0.4 is 19.2 Å². The Morgan fingerprint density at radius 1 is 0.975 bits per heavy atom. The molecule has 6 rings (SSSR count). The summed E-state index contributed by atoms with van der Waals surface area (Å²) >= 11 is 18.0. The Kier molecular flexibility index (Phi) is 7.47. The van der Waals surface area contributed by atoms with E-state index in [4.69, 9.17) is 32.7 Å². The fraction of sp³-hybridized carbons (Fsp3) is 0.179. The topological polar surface area (TPSA) is 88.7 Å². The van der Waals surface area contributed by atoms with E-state index in [0.717, 1.165) is 31.8 Å². The van der Waals surface area contributed by atoms with Crippen LogP contribution in [0.15, 0.2) is 75.0 Å². The summed E-state index contributed by atoms with van der Waals surface area (Å²) < 4.78 is 12.5. The minimum Gasteiger partial charge on any atom is -0.493 e. The lowest BCUT2D eigenvalue weighted by Gasteiger charge is -2.30. The molecule has 2 aliphatic heterocycles. The predicted octanol–water partition coefficient (Wildman–Crippen LogP) is 6.89. The van der Waals surface area contributed by atoms with Crippen molar-refractivity contribution in [1.82, 2.24) is 4.98 Å². The lowest BCUT2D eigenvalue weighted by atomic mass is 9.83. The lowest BCUT2D eigenvalue weighted by Crippen LogP contribution is -2.32. The monoisotopic (exact) mass is 676 g/mol.